The molecule has 2 fully saturated rings. The van der Waals surface area contributed by atoms with Crippen molar-refractivity contribution in [3.63, 3.8) is 0 Å². The van der Waals surface area contributed by atoms with Gasteiger partial charge >= 0.3 is 0 Å². The van der Waals surface area contributed by atoms with Crippen molar-refractivity contribution >= 4 is 82.7 Å². The second kappa shape index (κ2) is 18.5. The van der Waals surface area contributed by atoms with Crippen LogP contribution < -0.4 is 22.5 Å². The molecule has 6 heterocycles. The minimum Gasteiger partial charge on any atom is -0.464 e. The fourth-order valence-corrected chi connectivity index (χ4v) is 8.52. The molecule has 0 radical (unpaired) electrons. The number of sulfonamides is 2. The zero-order valence-electron chi connectivity index (χ0n) is 32.7. The molecule has 2 saturated heterocycles. The smallest absolute Gasteiger partial charge is 0.224 e. The number of fused-ring (bicyclic) bond motifs is 2. The maximum absolute atomic E-state index is 13.9. The van der Waals surface area contributed by atoms with E-state index in [1.165, 1.54) is 58.2 Å². The topological polar surface area (TPSA) is 277 Å². The lowest BCUT2D eigenvalue weighted by atomic mass is 10.0. The summed E-state index contributed by atoms with van der Waals surface area (Å²) < 4.78 is 86.0. The van der Waals surface area contributed by atoms with Gasteiger partial charge in [-0.2, -0.15) is 4.98 Å². The standard InChI is InChI=1S/C19H20FN5O4S.C13H7ClFN3O2.C6H14N2O2S/c1-30(27,28)25-5-2-13(3-6-25)23-19-22-10-15(18(21)24-19)16(26)14-9-12(20)8-11-4-7-29-17(11)14;14-13-17-5-9(12(16)18-13)10(19)8-4-7(15)3-6-1-2-20-11(6)8;1-11(9,10)8-4-2-6(7)3-5-8/h4,7-10,13H,2-3,5-6H2,1H3,(H3,21,22,23,24);1-5H,(H2,16,17,18);6H,2-5,7H2,1H3. The number of nitrogen functional groups attached to an aromatic ring is 2. The van der Waals surface area contributed by atoms with Gasteiger partial charge in [-0.25, -0.2) is 49.2 Å². The number of benzene rings is 2. The van der Waals surface area contributed by atoms with Gasteiger partial charge in [0, 0.05) is 61.4 Å². The summed E-state index contributed by atoms with van der Waals surface area (Å²) >= 11 is 5.58. The summed E-state index contributed by atoms with van der Waals surface area (Å²) in [4.78, 5) is 41.0. The number of rotatable bonds is 8. The second-order valence-electron chi connectivity index (χ2n) is 14.3. The molecule has 7 N–H and O–H groups in total. The fraction of sp³-hybridized carbons (Fsp3) is 0.316. The number of ketones is 2. The summed E-state index contributed by atoms with van der Waals surface area (Å²) in [7, 11) is -6.17. The number of nitrogens with two attached hydrogens (primary N) is 3. The van der Waals surface area contributed by atoms with Crippen LogP contribution in [0.1, 0.15) is 57.5 Å². The zero-order valence-corrected chi connectivity index (χ0v) is 35.1. The molecule has 0 aliphatic carbocycles. The molecule has 0 atom stereocenters. The van der Waals surface area contributed by atoms with Crippen LogP contribution >= 0.6 is 11.6 Å². The van der Waals surface area contributed by atoms with Crippen LogP contribution in [-0.4, -0.2) is 108 Å². The molecule has 23 heteroatoms. The third-order valence-corrected chi connectivity index (χ3v) is 12.6. The number of furan rings is 2. The van der Waals surface area contributed by atoms with Crippen molar-refractivity contribution in [1.29, 1.82) is 0 Å². The first kappa shape index (κ1) is 44.9. The second-order valence-corrected chi connectivity index (χ2v) is 18.6. The van der Waals surface area contributed by atoms with Crippen LogP contribution in [0, 0.1) is 11.6 Å². The van der Waals surface area contributed by atoms with Crippen LogP contribution in [0.3, 0.4) is 0 Å². The van der Waals surface area contributed by atoms with Crippen LogP contribution in [0.4, 0.5) is 26.4 Å². The van der Waals surface area contributed by atoms with Gasteiger partial charge in [0.1, 0.15) is 34.4 Å². The maximum Gasteiger partial charge on any atom is 0.224 e. The van der Waals surface area contributed by atoms with E-state index in [1.807, 2.05) is 0 Å². The first-order valence-electron chi connectivity index (χ1n) is 18.5. The summed E-state index contributed by atoms with van der Waals surface area (Å²) in [5, 5.41) is 4.01. The van der Waals surface area contributed by atoms with Crippen molar-refractivity contribution in [2.75, 3.05) is 55.5 Å². The number of nitrogens with zero attached hydrogens (tertiary/aromatic N) is 6. The van der Waals surface area contributed by atoms with Gasteiger partial charge in [0.2, 0.25) is 42.8 Å². The average Bonchev–Trinajstić information content (AvgIpc) is 3.87. The summed E-state index contributed by atoms with van der Waals surface area (Å²) in [6.45, 7) is 1.97. The maximum atomic E-state index is 13.9. The molecule has 8 rings (SSSR count). The highest BCUT2D eigenvalue weighted by atomic mass is 35.5. The van der Waals surface area contributed by atoms with E-state index in [-0.39, 0.29) is 68.4 Å². The third-order valence-electron chi connectivity index (χ3n) is 9.84. The van der Waals surface area contributed by atoms with Crippen LogP contribution in [0.2, 0.25) is 5.28 Å². The van der Waals surface area contributed by atoms with Crippen molar-refractivity contribution in [3.05, 3.63) is 100 Å². The largest absolute Gasteiger partial charge is 0.464 e. The SMILES string of the molecule is CS(=O)(=O)N1CCC(N)CC1.CS(=O)(=O)N1CCC(Nc2ncc(C(=O)c3cc(F)cc4ccoc34)c(N)n2)CC1.Nc1nc(Cl)ncc1C(=O)c1cc(F)cc2ccoc12. The Morgan fingerprint density at radius 1 is 0.721 bits per heavy atom. The van der Waals surface area contributed by atoms with Gasteiger partial charge in [0.15, 0.2) is 0 Å². The molecule has 0 amide bonds. The molecule has 324 valence electrons. The first-order valence-corrected chi connectivity index (χ1v) is 22.6. The summed E-state index contributed by atoms with van der Waals surface area (Å²) in [5.41, 5.74) is 18.0. The first-order chi connectivity index (χ1) is 28.8. The number of halogens is 3. The van der Waals surface area contributed by atoms with E-state index in [0.29, 0.717) is 49.8 Å². The summed E-state index contributed by atoms with van der Waals surface area (Å²) in [6, 6.07) is 8.03. The number of piperidine rings is 2. The molecule has 0 bridgehead atoms. The molecule has 0 unspecified atom stereocenters. The Labute approximate surface area is 353 Å². The predicted octanol–water partition coefficient (Wildman–Crippen LogP) is 4.21. The van der Waals surface area contributed by atoms with Crippen molar-refractivity contribution in [2.45, 2.75) is 37.8 Å². The van der Waals surface area contributed by atoms with Crippen LogP contribution in [0.5, 0.6) is 0 Å². The quantitative estimate of drug-likeness (QED) is 0.123. The van der Waals surface area contributed by atoms with Gasteiger partial charge in [0.25, 0.3) is 0 Å². The van der Waals surface area contributed by atoms with E-state index < -0.39 is 43.2 Å². The minimum atomic E-state index is -3.20. The van der Waals surface area contributed by atoms with E-state index in [2.05, 4.69) is 25.3 Å². The molecule has 0 spiro atoms. The van der Waals surface area contributed by atoms with Gasteiger partial charge in [0.05, 0.1) is 47.3 Å². The lowest BCUT2D eigenvalue weighted by Gasteiger charge is -2.30. The molecule has 18 nitrogen and oxygen atoms in total. The molecule has 2 aliphatic rings. The van der Waals surface area contributed by atoms with E-state index in [1.54, 1.807) is 12.1 Å². The van der Waals surface area contributed by atoms with Crippen LogP contribution in [0.25, 0.3) is 21.9 Å². The Morgan fingerprint density at radius 3 is 1.61 bits per heavy atom. The Hall–Kier alpha value is -5.65. The minimum absolute atomic E-state index is 0.0186. The van der Waals surface area contributed by atoms with Crippen molar-refractivity contribution in [2.24, 2.45) is 5.73 Å². The van der Waals surface area contributed by atoms with Crippen LogP contribution in [0.15, 0.2) is 70.2 Å². The average molecular weight is 903 g/mol. The number of hydrogen-bond donors (Lipinski definition) is 4. The third kappa shape index (κ3) is 11.0. The van der Waals surface area contributed by atoms with Crippen LogP contribution in [-0.2, 0) is 20.0 Å². The summed E-state index contributed by atoms with van der Waals surface area (Å²) in [5.74, 6) is -2.06. The summed E-state index contributed by atoms with van der Waals surface area (Å²) in [6.07, 6.45) is 10.4. The lowest BCUT2D eigenvalue weighted by molar-refractivity contribution is 0.103. The normalized spacial score (nSPS) is 15.8. The van der Waals surface area contributed by atoms with Crippen molar-refractivity contribution in [1.82, 2.24) is 28.5 Å². The Morgan fingerprint density at radius 2 is 1.16 bits per heavy atom. The molecule has 2 aliphatic heterocycles. The molecular weight excluding hydrogens is 862 g/mol. The van der Waals surface area contributed by atoms with E-state index >= 15 is 0 Å². The number of carbonyl (C=O) groups is 2. The highest BCUT2D eigenvalue weighted by Crippen LogP contribution is 2.28. The molecule has 6 aromatic rings. The number of anilines is 3. The van der Waals surface area contributed by atoms with E-state index in [9.17, 15) is 35.2 Å². The number of nitrogens with one attached hydrogen (secondary N) is 1. The highest BCUT2D eigenvalue weighted by molar-refractivity contribution is 7.88. The Bertz CT molecular complexity index is 2810. The van der Waals surface area contributed by atoms with Gasteiger partial charge in [-0.3, -0.25) is 9.59 Å². The number of carbonyl (C=O) groups excluding carboxylic acids is 2. The van der Waals surface area contributed by atoms with Crippen molar-refractivity contribution < 1.29 is 44.0 Å². The highest BCUT2D eigenvalue weighted by Gasteiger charge is 2.27. The molecule has 61 heavy (non-hydrogen) atoms. The predicted molar refractivity (Wildman–Crippen MR) is 224 cm³/mol. The van der Waals surface area contributed by atoms with Gasteiger partial charge < -0.3 is 31.4 Å². The van der Waals surface area contributed by atoms with Crippen molar-refractivity contribution in [3.8, 4) is 0 Å². The zero-order chi connectivity index (χ0) is 44.2. The molecule has 2 aromatic carbocycles. The number of hydrogen-bond acceptors (Lipinski definition) is 16. The van der Waals surface area contributed by atoms with Gasteiger partial charge in [-0.1, -0.05) is 0 Å². The van der Waals surface area contributed by atoms with E-state index in [0.717, 1.165) is 25.0 Å². The van der Waals surface area contributed by atoms with Gasteiger partial charge in [-0.05, 0) is 73.7 Å². The molecule has 0 saturated carbocycles. The molecular formula is C38H41ClF2N10O8S2. The monoisotopic (exact) mass is 902 g/mol. The number of aromatic nitrogens is 4. The fourth-order valence-electron chi connectivity index (χ4n) is 6.63. The molecule has 4 aromatic heterocycles. The Kier molecular flexibility index (Phi) is 13.6. The van der Waals surface area contributed by atoms with E-state index in [4.69, 9.17) is 37.6 Å². The van der Waals surface area contributed by atoms with Gasteiger partial charge in [-0.15, -0.1) is 0 Å². The Balaban J connectivity index is 0.000000172. The lowest BCUT2D eigenvalue weighted by Crippen LogP contribution is -2.42.